The summed E-state index contributed by atoms with van der Waals surface area (Å²) < 4.78 is 53.7. The molecule has 0 atom stereocenters. The van der Waals surface area contributed by atoms with Gasteiger partial charge in [0, 0.05) is 41.6 Å². The van der Waals surface area contributed by atoms with Crippen molar-refractivity contribution in [3.8, 4) is 0 Å². The SMILES string of the molecule is CCCCCCn1c2ccc(/C=C/c3ccc(S(=O)(=O)CCCCCCO)cc3)cc2c2cc(/C=C/c3ccc(S(=O)(=O)CCCCCCO)cc3)ccc21. The third-order valence-electron chi connectivity index (χ3n) is 10.2. The van der Waals surface area contributed by atoms with Gasteiger partial charge in [-0.2, -0.15) is 0 Å². The maximum absolute atomic E-state index is 12.8. The van der Waals surface area contributed by atoms with Crippen LogP contribution in [0.5, 0.6) is 0 Å². The summed E-state index contributed by atoms with van der Waals surface area (Å²) in [6.45, 7) is 3.45. The summed E-state index contributed by atoms with van der Waals surface area (Å²) in [5.74, 6) is 0.232. The lowest BCUT2D eigenvalue weighted by molar-refractivity contribution is 0.282. The Labute approximate surface area is 328 Å². The molecule has 0 saturated heterocycles. The monoisotopic (exact) mass is 783 g/mol. The Morgan fingerprint density at radius 2 is 0.855 bits per heavy atom. The summed E-state index contributed by atoms with van der Waals surface area (Å²) in [5.41, 5.74) is 6.35. The summed E-state index contributed by atoms with van der Waals surface area (Å²) in [4.78, 5) is 0.679. The van der Waals surface area contributed by atoms with Crippen molar-refractivity contribution in [1.29, 1.82) is 0 Å². The molecule has 0 fully saturated rings. The third kappa shape index (κ3) is 12.0. The molecule has 0 radical (unpaired) electrons. The van der Waals surface area contributed by atoms with Gasteiger partial charge in [-0.1, -0.05) is 113 Å². The Hall–Kier alpha value is -4.02. The predicted octanol–water partition coefficient (Wildman–Crippen LogP) is 10.4. The standard InChI is InChI=1S/C46H57NO6S2/c1-2-3-4-9-30-47-45-28-22-39(16-14-37-18-24-41(25-19-37)54(50,51)33-12-7-5-10-31-48)35-43(45)44-36-40(23-29-46(44)47)17-15-38-20-26-42(27-21-38)55(52,53)34-13-8-6-11-32-49/h14-29,35-36,48-49H,2-13,30-34H2,1H3/b16-14+,17-15+. The number of benzene rings is 4. The Morgan fingerprint density at radius 1 is 0.473 bits per heavy atom. The van der Waals surface area contributed by atoms with Crippen molar-refractivity contribution in [1.82, 2.24) is 4.57 Å². The average Bonchev–Trinajstić information content (AvgIpc) is 3.49. The van der Waals surface area contributed by atoms with E-state index in [9.17, 15) is 16.8 Å². The zero-order valence-electron chi connectivity index (χ0n) is 32.2. The van der Waals surface area contributed by atoms with Crippen LogP contribution < -0.4 is 0 Å². The topological polar surface area (TPSA) is 114 Å². The van der Waals surface area contributed by atoms with Gasteiger partial charge in [0.2, 0.25) is 0 Å². The van der Waals surface area contributed by atoms with Crippen LogP contribution in [0, 0.1) is 0 Å². The fourth-order valence-electron chi connectivity index (χ4n) is 6.99. The lowest BCUT2D eigenvalue weighted by atomic mass is 10.1. The maximum atomic E-state index is 12.8. The van der Waals surface area contributed by atoms with Gasteiger partial charge in [0.05, 0.1) is 21.3 Å². The highest BCUT2D eigenvalue weighted by Crippen LogP contribution is 2.32. The van der Waals surface area contributed by atoms with E-state index in [1.54, 1.807) is 24.3 Å². The molecule has 5 aromatic rings. The first-order chi connectivity index (χ1) is 26.6. The van der Waals surface area contributed by atoms with E-state index in [-0.39, 0.29) is 24.7 Å². The minimum absolute atomic E-state index is 0.116. The molecule has 7 nitrogen and oxygen atoms in total. The van der Waals surface area contributed by atoms with E-state index in [1.165, 1.54) is 41.1 Å². The van der Waals surface area contributed by atoms with Crippen LogP contribution in [-0.4, -0.2) is 56.3 Å². The fourth-order valence-corrected chi connectivity index (χ4v) is 9.73. The van der Waals surface area contributed by atoms with E-state index in [0.29, 0.717) is 35.5 Å². The summed E-state index contributed by atoms with van der Waals surface area (Å²) in [5, 5.41) is 20.2. The van der Waals surface area contributed by atoms with Gasteiger partial charge in [0.1, 0.15) is 0 Å². The molecule has 0 spiro atoms. The number of aryl methyl sites for hydroxylation is 1. The summed E-state index contributed by atoms with van der Waals surface area (Å²) >= 11 is 0. The van der Waals surface area contributed by atoms with Gasteiger partial charge in [0.15, 0.2) is 19.7 Å². The van der Waals surface area contributed by atoms with E-state index in [1.807, 2.05) is 36.4 Å². The van der Waals surface area contributed by atoms with Crippen molar-refractivity contribution in [3.63, 3.8) is 0 Å². The first kappa shape index (κ1) is 42.1. The molecule has 0 aliphatic rings. The van der Waals surface area contributed by atoms with Gasteiger partial charge in [-0.3, -0.25) is 0 Å². The molecule has 55 heavy (non-hydrogen) atoms. The number of sulfone groups is 2. The third-order valence-corrected chi connectivity index (χ3v) is 13.8. The molecule has 294 valence electrons. The Morgan fingerprint density at radius 3 is 1.27 bits per heavy atom. The number of hydrogen-bond donors (Lipinski definition) is 2. The van der Waals surface area contributed by atoms with Crippen molar-refractivity contribution in [2.24, 2.45) is 0 Å². The molecule has 0 saturated carbocycles. The molecular weight excluding hydrogens is 727 g/mol. The number of fused-ring (bicyclic) bond motifs is 3. The Kier molecular flexibility index (Phi) is 15.9. The van der Waals surface area contributed by atoms with E-state index in [2.05, 4.69) is 60.0 Å². The van der Waals surface area contributed by atoms with Gasteiger partial charge < -0.3 is 14.8 Å². The Bertz CT molecular complexity index is 2100. The highest BCUT2D eigenvalue weighted by molar-refractivity contribution is 7.91. The van der Waals surface area contributed by atoms with Crippen molar-refractivity contribution in [2.75, 3.05) is 24.7 Å². The minimum Gasteiger partial charge on any atom is -0.396 e. The molecule has 1 heterocycles. The molecule has 0 bridgehead atoms. The molecule has 0 aliphatic heterocycles. The van der Waals surface area contributed by atoms with Gasteiger partial charge in [-0.15, -0.1) is 0 Å². The van der Waals surface area contributed by atoms with Crippen LogP contribution in [0.3, 0.4) is 0 Å². The lowest BCUT2D eigenvalue weighted by Gasteiger charge is -2.08. The van der Waals surface area contributed by atoms with Gasteiger partial charge in [-0.25, -0.2) is 16.8 Å². The number of aliphatic hydroxyl groups is 2. The summed E-state index contributed by atoms with van der Waals surface area (Å²) in [6, 6.07) is 27.3. The van der Waals surface area contributed by atoms with Crippen molar-refractivity contribution < 1.29 is 27.0 Å². The average molecular weight is 784 g/mol. The maximum Gasteiger partial charge on any atom is 0.178 e. The highest BCUT2D eigenvalue weighted by atomic mass is 32.2. The second-order valence-electron chi connectivity index (χ2n) is 14.5. The van der Waals surface area contributed by atoms with Crippen molar-refractivity contribution >= 4 is 65.8 Å². The first-order valence-electron chi connectivity index (χ1n) is 19.9. The van der Waals surface area contributed by atoms with E-state index in [0.717, 1.165) is 60.9 Å². The lowest BCUT2D eigenvalue weighted by Crippen LogP contribution is -2.06. The molecule has 4 aromatic carbocycles. The zero-order valence-corrected chi connectivity index (χ0v) is 33.8. The van der Waals surface area contributed by atoms with Crippen LogP contribution in [-0.2, 0) is 26.2 Å². The Balaban J connectivity index is 1.34. The molecule has 5 rings (SSSR count). The molecule has 1 aromatic heterocycles. The second-order valence-corrected chi connectivity index (χ2v) is 18.7. The fraction of sp³-hybridized carbons (Fsp3) is 0.391. The number of rotatable bonds is 23. The first-order valence-corrected chi connectivity index (χ1v) is 23.2. The number of aliphatic hydroxyl groups excluding tert-OH is 2. The van der Waals surface area contributed by atoms with E-state index < -0.39 is 19.7 Å². The highest BCUT2D eigenvalue weighted by Gasteiger charge is 2.15. The van der Waals surface area contributed by atoms with E-state index in [4.69, 9.17) is 10.2 Å². The van der Waals surface area contributed by atoms with Crippen molar-refractivity contribution in [2.45, 2.75) is 100 Å². The summed E-state index contributed by atoms with van der Waals surface area (Å²) in [7, 11) is -6.68. The number of aromatic nitrogens is 1. The largest absolute Gasteiger partial charge is 0.396 e. The van der Waals surface area contributed by atoms with Crippen molar-refractivity contribution in [3.05, 3.63) is 107 Å². The molecule has 0 aliphatic carbocycles. The van der Waals surface area contributed by atoms with Crippen LogP contribution in [0.2, 0.25) is 0 Å². The van der Waals surface area contributed by atoms with E-state index >= 15 is 0 Å². The van der Waals surface area contributed by atoms with Crippen LogP contribution >= 0.6 is 0 Å². The zero-order chi connectivity index (χ0) is 39.1. The molecule has 9 heteroatoms. The minimum atomic E-state index is -3.34. The number of nitrogens with zero attached hydrogens (tertiary/aromatic N) is 1. The number of hydrogen-bond acceptors (Lipinski definition) is 6. The molecular formula is C46H57NO6S2. The van der Waals surface area contributed by atoms with Crippen LogP contribution in [0.15, 0.2) is 94.7 Å². The smallest absolute Gasteiger partial charge is 0.178 e. The predicted molar refractivity (Wildman–Crippen MR) is 230 cm³/mol. The van der Waals surface area contributed by atoms with Gasteiger partial charge >= 0.3 is 0 Å². The van der Waals surface area contributed by atoms with Gasteiger partial charge in [0.25, 0.3) is 0 Å². The van der Waals surface area contributed by atoms with Crippen LogP contribution in [0.25, 0.3) is 46.1 Å². The summed E-state index contributed by atoms with van der Waals surface area (Å²) in [6.07, 6.45) is 18.7. The molecule has 0 amide bonds. The normalized spacial score (nSPS) is 12.6. The van der Waals surface area contributed by atoms with Crippen LogP contribution in [0.4, 0.5) is 0 Å². The molecule has 2 N–H and O–H groups in total. The quantitative estimate of drug-likeness (QED) is 0.0504. The van der Waals surface area contributed by atoms with Crippen LogP contribution in [0.1, 0.15) is 106 Å². The second kappa shape index (κ2) is 20.8. The number of unbranched alkanes of at least 4 members (excludes halogenated alkanes) is 9. The molecule has 0 unspecified atom stereocenters. The van der Waals surface area contributed by atoms with Gasteiger partial charge in [-0.05, 0) is 103 Å².